The maximum atomic E-state index is 12.4. The Kier molecular flexibility index (Phi) is 7.25. The molecule has 0 aromatic rings. The minimum atomic E-state index is -1.08. The molecule has 0 saturated heterocycles. The van der Waals surface area contributed by atoms with Crippen LogP contribution in [0.4, 0.5) is 4.79 Å². The van der Waals surface area contributed by atoms with Crippen LogP contribution in [0.1, 0.15) is 64.2 Å². The monoisotopic (exact) mass is 368 g/mol. The first-order valence-electron chi connectivity index (χ1n) is 9.63. The lowest BCUT2D eigenvalue weighted by molar-refractivity contribution is -0.129. The van der Waals surface area contributed by atoms with Crippen LogP contribution >= 0.6 is 0 Å². The Morgan fingerprint density at radius 3 is 2.27 bits per heavy atom. The molecule has 3 rings (SSSR count). The van der Waals surface area contributed by atoms with Crippen molar-refractivity contribution in [1.29, 1.82) is 0 Å². The molecule has 8 heteroatoms. The SMILES string of the molecule is NC(=O)[C@H](CCCCNC(=O)O)NC(=O)[C@@H](N)CC12CCC(CC1)CC2. The van der Waals surface area contributed by atoms with Crippen molar-refractivity contribution in [2.24, 2.45) is 22.8 Å². The first kappa shape index (κ1) is 20.5. The van der Waals surface area contributed by atoms with Gasteiger partial charge in [0.2, 0.25) is 11.8 Å². The molecule has 2 atom stereocenters. The zero-order chi connectivity index (χ0) is 19.2. The molecule has 0 aromatic heterocycles. The van der Waals surface area contributed by atoms with E-state index in [0.29, 0.717) is 32.2 Å². The lowest BCUT2D eigenvalue weighted by Crippen LogP contribution is -2.52. The molecule has 7 N–H and O–H groups in total. The number of fused-ring (bicyclic) bond motifs is 3. The van der Waals surface area contributed by atoms with Crippen molar-refractivity contribution in [1.82, 2.24) is 10.6 Å². The average Bonchev–Trinajstić information content (AvgIpc) is 2.61. The fraction of sp³-hybridized carbons (Fsp3) is 0.833. The van der Waals surface area contributed by atoms with Crippen molar-refractivity contribution in [2.75, 3.05) is 6.54 Å². The van der Waals surface area contributed by atoms with Crippen LogP contribution in [0.2, 0.25) is 0 Å². The molecule has 0 aliphatic heterocycles. The number of hydrogen-bond acceptors (Lipinski definition) is 4. The Hall–Kier alpha value is -1.83. The Labute approximate surface area is 154 Å². The zero-order valence-electron chi connectivity index (χ0n) is 15.3. The molecular formula is C18H32N4O4. The highest BCUT2D eigenvalue weighted by atomic mass is 16.4. The van der Waals surface area contributed by atoms with E-state index < -0.39 is 24.1 Å². The number of carbonyl (C=O) groups excluding carboxylic acids is 2. The summed E-state index contributed by atoms with van der Waals surface area (Å²) in [5.74, 6) is -0.0515. The molecular weight excluding hydrogens is 336 g/mol. The van der Waals surface area contributed by atoms with Gasteiger partial charge in [-0.2, -0.15) is 0 Å². The van der Waals surface area contributed by atoms with Crippen LogP contribution in [0.15, 0.2) is 0 Å². The number of carbonyl (C=O) groups is 3. The lowest BCUT2D eigenvalue weighted by Gasteiger charge is -2.47. The van der Waals surface area contributed by atoms with Gasteiger partial charge in [0, 0.05) is 6.54 Å². The van der Waals surface area contributed by atoms with E-state index in [2.05, 4.69) is 10.6 Å². The Morgan fingerprint density at radius 1 is 1.12 bits per heavy atom. The molecule has 148 valence electrons. The Balaban J connectivity index is 1.76. The molecule has 2 bridgehead atoms. The lowest BCUT2D eigenvalue weighted by atomic mass is 9.58. The molecule has 0 radical (unpaired) electrons. The topological polar surface area (TPSA) is 148 Å². The molecule has 3 aliphatic carbocycles. The van der Waals surface area contributed by atoms with Crippen LogP contribution in [0.5, 0.6) is 0 Å². The summed E-state index contributed by atoms with van der Waals surface area (Å²) in [4.78, 5) is 34.4. The summed E-state index contributed by atoms with van der Waals surface area (Å²) in [7, 11) is 0. The van der Waals surface area contributed by atoms with E-state index in [9.17, 15) is 14.4 Å². The van der Waals surface area contributed by atoms with Gasteiger partial charge in [-0.25, -0.2) is 4.79 Å². The highest BCUT2D eigenvalue weighted by Crippen LogP contribution is 2.52. The highest BCUT2D eigenvalue weighted by molar-refractivity contribution is 5.88. The third-order valence-electron chi connectivity index (χ3n) is 6.09. The summed E-state index contributed by atoms with van der Waals surface area (Å²) in [6.07, 6.45) is 8.27. The van der Waals surface area contributed by atoms with Crippen LogP contribution in [0.3, 0.4) is 0 Å². The summed E-state index contributed by atoms with van der Waals surface area (Å²) >= 11 is 0. The fourth-order valence-electron chi connectivity index (χ4n) is 4.44. The van der Waals surface area contributed by atoms with Gasteiger partial charge in [0.25, 0.3) is 0 Å². The van der Waals surface area contributed by atoms with E-state index in [1.807, 2.05) is 0 Å². The van der Waals surface area contributed by atoms with Crippen LogP contribution in [-0.4, -0.2) is 41.6 Å². The van der Waals surface area contributed by atoms with Gasteiger partial charge in [0.1, 0.15) is 6.04 Å². The van der Waals surface area contributed by atoms with E-state index >= 15 is 0 Å². The standard InChI is InChI=1S/C18H32N4O4/c19-13(11-18-7-4-12(5-8-18)6-9-18)16(24)22-14(15(20)23)3-1-2-10-21-17(25)26/h12-14,21H,1-11,19H2,(H2,20,23)(H,22,24)(H,25,26)/t12?,13-,14-,18?/m0/s1. The predicted octanol–water partition coefficient (Wildman–Crippen LogP) is 1.08. The molecule has 3 saturated carbocycles. The number of nitrogens with one attached hydrogen (secondary N) is 2. The van der Waals surface area contributed by atoms with E-state index in [0.717, 1.165) is 25.2 Å². The van der Waals surface area contributed by atoms with Crippen molar-refractivity contribution in [3.8, 4) is 0 Å². The average molecular weight is 368 g/mol. The normalized spacial score (nSPS) is 26.7. The molecule has 0 aromatic carbocycles. The second kappa shape index (κ2) is 9.21. The van der Waals surface area contributed by atoms with Gasteiger partial charge >= 0.3 is 6.09 Å². The molecule has 8 nitrogen and oxygen atoms in total. The minimum Gasteiger partial charge on any atom is -0.465 e. The summed E-state index contributed by atoms with van der Waals surface area (Å²) in [6.45, 7) is 0.303. The van der Waals surface area contributed by atoms with Crippen molar-refractivity contribution < 1.29 is 19.5 Å². The van der Waals surface area contributed by atoms with Crippen molar-refractivity contribution >= 4 is 17.9 Å². The van der Waals surface area contributed by atoms with E-state index in [-0.39, 0.29) is 11.3 Å². The maximum absolute atomic E-state index is 12.4. The molecule has 26 heavy (non-hydrogen) atoms. The van der Waals surface area contributed by atoms with Gasteiger partial charge in [0.15, 0.2) is 0 Å². The number of nitrogens with two attached hydrogens (primary N) is 2. The number of carboxylic acid groups (broad SMARTS) is 1. The summed E-state index contributed by atoms with van der Waals surface area (Å²) < 4.78 is 0. The second-order valence-electron chi connectivity index (χ2n) is 7.98. The number of unbranched alkanes of at least 4 members (excludes halogenated alkanes) is 1. The summed E-state index contributed by atoms with van der Waals surface area (Å²) in [5, 5.41) is 13.5. The van der Waals surface area contributed by atoms with Gasteiger partial charge in [-0.3, -0.25) is 9.59 Å². The van der Waals surface area contributed by atoms with E-state index in [1.165, 1.54) is 19.3 Å². The fourth-order valence-corrected chi connectivity index (χ4v) is 4.44. The smallest absolute Gasteiger partial charge is 0.404 e. The highest BCUT2D eigenvalue weighted by Gasteiger charge is 2.42. The third-order valence-corrected chi connectivity index (χ3v) is 6.09. The quantitative estimate of drug-likeness (QED) is 0.366. The largest absolute Gasteiger partial charge is 0.465 e. The van der Waals surface area contributed by atoms with Crippen LogP contribution in [-0.2, 0) is 9.59 Å². The molecule has 3 aliphatic rings. The third kappa shape index (κ3) is 5.86. The van der Waals surface area contributed by atoms with Gasteiger partial charge in [-0.05, 0) is 75.5 Å². The van der Waals surface area contributed by atoms with Crippen LogP contribution < -0.4 is 22.1 Å². The van der Waals surface area contributed by atoms with Crippen LogP contribution in [0, 0.1) is 11.3 Å². The molecule has 0 spiro atoms. The van der Waals surface area contributed by atoms with Crippen molar-refractivity contribution in [3.63, 3.8) is 0 Å². The number of amides is 3. The van der Waals surface area contributed by atoms with Gasteiger partial charge in [-0.1, -0.05) is 0 Å². The Morgan fingerprint density at radius 2 is 1.73 bits per heavy atom. The van der Waals surface area contributed by atoms with Crippen molar-refractivity contribution in [3.05, 3.63) is 0 Å². The summed E-state index contributed by atoms with van der Waals surface area (Å²) in [6, 6.07) is -1.39. The first-order valence-corrected chi connectivity index (χ1v) is 9.63. The second-order valence-corrected chi connectivity index (χ2v) is 7.98. The zero-order valence-corrected chi connectivity index (χ0v) is 15.3. The van der Waals surface area contributed by atoms with E-state index in [4.69, 9.17) is 16.6 Å². The summed E-state index contributed by atoms with van der Waals surface area (Å²) in [5.41, 5.74) is 11.7. The predicted molar refractivity (Wildman–Crippen MR) is 97.2 cm³/mol. The van der Waals surface area contributed by atoms with Gasteiger partial charge < -0.3 is 27.2 Å². The molecule has 3 amide bonds. The number of primary amides is 1. The minimum absolute atomic E-state index is 0.191. The van der Waals surface area contributed by atoms with Crippen LogP contribution in [0.25, 0.3) is 0 Å². The molecule has 0 unspecified atom stereocenters. The van der Waals surface area contributed by atoms with Crippen molar-refractivity contribution in [2.45, 2.75) is 76.3 Å². The van der Waals surface area contributed by atoms with E-state index in [1.54, 1.807) is 0 Å². The van der Waals surface area contributed by atoms with Gasteiger partial charge in [-0.15, -0.1) is 0 Å². The Bertz CT molecular complexity index is 504. The molecule has 0 heterocycles. The molecule has 3 fully saturated rings. The maximum Gasteiger partial charge on any atom is 0.404 e. The van der Waals surface area contributed by atoms with Gasteiger partial charge in [0.05, 0.1) is 6.04 Å². The number of rotatable bonds is 10. The first-order chi connectivity index (χ1) is 12.3. The number of hydrogen-bond donors (Lipinski definition) is 5.